The highest BCUT2D eigenvalue weighted by atomic mass is 32.1. The van der Waals surface area contributed by atoms with Gasteiger partial charge in [-0.2, -0.15) is 0 Å². The van der Waals surface area contributed by atoms with Crippen LogP contribution in [0.4, 0.5) is 0 Å². The van der Waals surface area contributed by atoms with Gasteiger partial charge in [-0.3, -0.25) is 4.90 Å². The molecule has 15 heavy (non-hydrogen) atoms. The largest absolute Gasteiger partial charge is 0.314 e. The molecule has 1 saturated heterocycles. The Hall–Kier alpha value is -0.380. The SMILES string of the molecule is CCN(Cc1cc(C)sc1C)C1CNC1. The smallest absolute Gasteiger partial charge is 0.0348 e. The predicted molar refractivity (Wildman–Crippen MR) is 66.5 cm³/mol. The first-order chi connectivity index (χ1) is 7.20. The van der Waals surface area contributed by atoms with Gasteiger partial charge in [-0.1, -0.05) is 6.92 Å². The van der Waals surface area contributed by atoms with Gasteiger partial charge in [-0.15, -0.1) is 11.3 Å². The van der Waals surface area contributed by atoms with Crippen molar-refractivity contribution >= 4 is 11.3 Å². The Balaban J connectivity index is 2.02. The number of thiophene rings is 1. The topological polar surface area (TPSA) is 15.3 Å². The zero-order valence-corrected chi connectivity index (χ0v) is 10.7. The molecule has 1 aromatic rings. The van der Waals surface area contributed by atoms with Crippen molar-refractivity contribution in [1.82, 2.24) is 10.2 Å². The first-order valence-electron chi connectivity index (χ1n) is 5.71. The second-order valence-corrected chi connectivity index (χ2v) is 5.77. The highest BCUT2D eigenvalue weighted by Crippen LogP contribution is 2.23. The zero-order valence-electron chi connectivity index (χ0n) is 9.84. The van der Waals surface area contributed by atoms with Gasteiger partial charge in [0.1, 0.15) is 0 Å². The number of hydrogen-bond donors (Lipinski definition) is 1. The van der Waals surface area contributed by atoms with Crippen LogP contribution in [0.15, 0.2) is 6.07 Å². The molecule has 1 fully saturated rings. The van der Waals surface area contributed by atoms with Crippen LogP contribution in [0.2, 0.25) is 0 Å². The standard InChI is InChI=1S/C12H20N2S/c1-4-14(12-6-13-7-12)8-11-5-9(2)15-10(11)3/h5,12-13H,4,6-8H2,1-3H3. The van der Waals surface area contributed by atoms with Gasteiger partial charge in [-0.25, -0.2) is 0 Å². The van der Waals surface area contributed by atoms with Crippen molar-refractivity contribution in [3.05, 3.63) is 21.4 Å². The van der Waals surface area contributed by atoms with E-state index in [2.05, 4.69) is 37.1 Å². The lowest BCUT2D eigenvalue weighted by Gasteiger charge is -2.37. The summed E-state index contributed by atoms with van der Waals surface area (Å²) in [7, 11) is 0. The second kappa shape index (κ2) is 4.64. The van der Waals surface area contributed by atoms with Crippen molar-refractivity contribution in [2.24, 2.45) is 0 Å². The fourth-order valence-corrected chi connectivity index (χ4v) is 3.03. The lowest BCUT2D eigenvalue weighted by molar-refractivity contribution is 0.145. The monoisotopic (exact) mass is 224 g/mol. The Morgan fingerprint density at radius 2 is 2.20 bits per heavy atom. The van der Waals surface area contributed by atoms with E-state index >= 15 is 0 Å². The molecule has 1 aliphatic heterocycles. The van der Waals surface area contributed by atoms with Crippen molar-refractivity contribution in [2.45, 2.75) is 33.4 Å². The van der Waals surface area contributed by atoms with E-state index in [9.17, 15) is 0 Å². The molecule has 2 heterocycles. The Labute approximate surface area is 96.3 Å². The molecule has 0 radical (unpaired) electrons. The van der Waals surface area contributed by atoms with Crippen molar-refractivity contribution in [2.75, 3.05) is 19.6 Å². The van der Waals surface area contributed by atoms with Crippen LogP contribution in [0.5, 0.6) is 0 Å². The van der Waals surface area contributed by atoms with E-state index in [1.807, 2.05) is 11.3 Å². The van der Waals surface area contributed by atoms with Gasteiger partial charge in [0.15, 0.2) is 0 Å². The number of hydrogen-bond acceptors (Lipinski definition) is 3. The van der Waals surface area contributed by atoms with E-state index in [4.69, 9.17) is 0 Å². The number of aryl methyl sites for hydroxylation is 2. The molecule has 84 valence electrons. The van der Waals surface area contributed by atoms with Crippen LogP contribution in [-0.2, 0) is 6.54 Å². The normalized spacial score (nSPS) is 17.1. The van der Waals surface area contributed by atoms with Crippen LogP contribution in [0.25, 0.3) is 0 Å². The predicted octanol–water partition coefficient (Wildman–Crippen LogP) is 2.16. The number of likely N-dealkylation sites (N-methyl/N-ethyl adjacent to an activating group) is 1. The highest BCUT2D eigenvalue weighted by Gasteiger charge is 2.23. The molecule has 0 aliphatic carbocycles. The van der Waals surface area contributed by atoms with Gasteiger partial charge >= 0.3 is 0 Å². The van der Waals surface area contributed by atoms with Crippen molar-refractivity contribution in [1.29, 1.82) is 0 Å². The molecule has 0 aromatic carbocycles. The van der Waals surface area contributed by atoms with Gasteiger partial charge in [0.25, 0.3) is 0 Å². The summed E-state index contributed by atoms with van der Waals surface area (Å²) >= 11 is 1.92. The number of nitrogens with zero attached hydrogens (tertiary/aromatic N) is 1. The number of nitrogens with one attached hydrogen (secondary N) is 1. The maximum absolute atomic E-state index is 3.34. The minimum Gasteiger partial charge on any atom is -0.314 e. The molecule has 1 aromatic heterocycles. The Kier molecular flexibility index (Phi) is 3.44. The van der Waals surface area contributed by atoms with Crippen molar-refractivity contribution < 1.29 is 0 Å². The van der Waals surface area contributed by atoms with Gasteiger partial charge in [0, 0.05) is 35.4 Å². The zero-order chi connectivity index (χ0) is 10.8. The molecule has 0 saturated carbocycles. The summed E-state index contributed by atoms with van der Waals surface area (Å²) in [5, 5.41) is 3.34. The molecular weight excluding hydrogens is 204 g/mol. The summed E-state index contributed by atoms with van der Waals surface area (Å²) in [5.41, 5.74) is 1.52. The maximum Gasteiger partial charge on any atom is 0.0348 e. The molecular formula is C12H20N2S. The minimum absolute atomic E-state index is 0.759. The molecule has 1 N–H and O–H groups in total. The van der Waals surface area contributed by atoms with E-state index in [1.54, 1.807) is 0 Å². The van der Waals surface area contributed by atoms with Crippen LogP contribution in [-0.4, -0.2) is 30.6 Å². The average Bonchev–Trinajstić information content (AvgIpc) is 2.41. The summed E-state index contributed by atoms with van der Waals surface area (Å²) < 4.78 is 0. The summed E-state index contributed by atoms with van der Waals surface area (Å²) in [6.45, 7) is 11.3. The van der Waals surface area contributed by atoms with Crippen LogP contribution in [0.1, 0.15) is 22.2 Å². The Morgan fingerprint density at radius 3 is 2.60 bits per heavy atom. The Bertz CT molecular complexity index is 328. The highest BCUT2D eigenvalue weighted by molar-refractivity contribution is 7.12. The molecule has 0 spiro atoms. The third-order valence-electron chi connectivity index (χ3n) is 3.20. The van der Waals surface area contributed by atoms with E-state index in [1.165, 1.54) is 15.3 Å². The van der Waals surface area contributed by atoms with Gasteiger partial charge in [0.05, 0.1) is 0 Å². The van der Waals surface area contributed by atoms with Gasteiger partial charge in [0.2, 0.25) is 0 Å². The second-order valence-electron chi connectivity index (χ2n) is 4.31. The van der Waals surface area contributed by atoms with Crippen LogP contribution < -0.4 is 5.32 Å². The molecule has 0 bridgehead atoms. The van der Waals surface area contributed by atoms with E-state index in [-0.39, 0.29) is 0 Å². The first kappa shape index (κ1) is 11.1. The molecule has 3 heteroatoms. The first-order valence-corrected chi connectivity index (χ1v) is 6.53. The van der Waals surface area contributed by atoms with Crippen LogP contribution >= 0.6 is 11.3 Å². The maximum atomic E-state index is 3.34. The molecule has 0 atom stereocenters. The number of rotatable bonds is 4. The lowest BCUT2D eigenvalue weighted by atomic mass is 10.1. The fraction of sp³-hybridized carbons (Fsp3) is 0.667. The summed E-state index contributed by atoms with van der Waals surface area (Å²) in [5.74, 6) is 0. The average molecular weight is 224 g/mol. The minimum atomic E-state index is 0.759. The van der Waals surface area contributed by atoms with E-state index in [0.29, 0.717) is 0 Å². The van der Waals surface area contributed by atoms with E-state index < -0.39 is 0 Å². The molecule has 2 nitrogen and oxygen atoms in total. The van der Waals surface area contributed by atoms with Gasteiger partial charge in [-0.05, 0) is 32.0 Å². The van der Waals surface area contributed by atoms with E-state index in [0.717, 1.165) is 32.2 Å². The lowest BCUT2D eigenvalue weighted by Crippen LogP contribution is -2.56. The summed E-state index contributed by atoms with van der Waals surface area (Å²) in [6.07, 6.45) is 0. The third kappa shape index (κ3) is 2.41. The third-order valence-corrected chi connectivity index (χ3v) is 4.21. The van der Waals surface area contributed by atoms with Crippen molar-refractivity contribution in [3.63, 3.8) is 0 Å². The van der Waals surface area contributed by atoms with Crippen LogP contribution in [0, 0.1) is 13.8 Å². The summed E-state index contributed by atoms with van der Waals surface area (Å²) in [6, 6.07) is 3.10. The Morgan fingerprint density at radius 1 is 1.47 bits per heavy atom. The van der Waals surface area contributed by atoms with Crippen LogP contribution in [0.3, 0.4) is 0 Å². The molecule has 0 amide bonds. The molecule has 0 unspecified atom stereocenters. The van der Waals surface area contributed by atoms with Gasteiger partial charge < -0.3 is 5.32 Å². The fourth-order valence-electron chi connectivity index (χ4n) is 2.09. The quantitative estimate of drug-likeness (QED) is 0.843. The van der Waals surface area contributed by atoms with Crippen molar-refractivity contribution in [3.8, 4) is 0 Å². The molecule has 2 rings (SSSR count). The summed E-state index contributed by atoms with van der Waals surface area (Å²) in [4.78, 5) is 5.49. The molecule has 1 aliphatic rings.